The number of ether oxygens (including phenoxy) is 3. The number of aromatic hydroxyl groups is 2. The third-order valence-corrected chi connectivity index (χ3v) is 5.20. The molecule has 0 aromatic heterocycles. The van der Waals surface area contributed by atoms with Crippen LogP contribution in [-0.2, 0) is 9.59 Å². The number of hydrogen-bond acceptors (Lipinski definition) is 7. The minimum Gasteiger partial charge on any atom is -0.504 e. The van der Waals surface area contributed by atoms with Gasteiger partial charge in [-0.2, -0.15) is 0 Å². The molecule has 3 aromatic carbocycles. The Morgan fingerprint density at radius 3 is 1.67 bits per heavy atom. The Labute approximate surface area is 209 Å². The Balaban J connectivity index is 1.94. The van der Waals surface area contributed by atoms with Crippen molar-refractivity contribution in [2.24, 2.45) is 0 Å². The van der Waals surface area contributed by atoms with Gasteiger partial charge in [-0.25, -0.2) is 0 Å². The van der Waals surface area contributed by atoms with Gasteiger partial charge < -0.3 is 24.4 Å². The topological polar surface area (TPSA) is 102 Å². The Morgan fingerprint density at radius 1 is 0.667 bits per heavy atom. The fraction of sp³-hybridized carbons (Fsp3) is 0.103. The number of rotatable bonds is 10. The van der Waals surface area contributed by atoms with Crippen molar-refractivity contribution >= 4 is 29.8 Å². The van der Waals surface area contributed by atoms with Crippen LogP contribution in [0.3, 0.4) is 0 Å². The second-order valence-electron chi connectivity index (χ2n) is 7.59. The summed E-state index contributed by atoms with van der Waals surface area (Å²) in [6, 6.07) is 16.3. The number of allylic oxidation sites excluding steroid dienone is 3. The Kier molecular flexibility index (Phi) is 8.67. The summed E-state index contributed by atoms with van der Waals surface area (Å²) in [4.78, 5) is 26.2. The molecule has 0 unspecified atom stereocenters. The van der Waals surface area contributed by atoms with Gasteiger partial charge in [-0.05, 0) is 71.3 Å². The summed E-state index contributed by atoms with van der Waals surface area (Å²) in [6.07, 6.45) is 7.13. The predicted molar refractivity (Wildman–Crippen MR) is 138 cm³/mol. The number of benzene rings is 3. The molecule has 7 nitrogen and oxygen atoms in total. The van der Waals surface area contributed by atoms with Gasteiger partial charge >= 0.3 is 0 Å². The van der Waals surface area contributed by atoms with Gasteiger partial charge in [0.15, 0.2) is 34.6 Å². The van der Waals surface area contributed by atoms with Crippen molar-refractivity contribution in [3.05, 3.63) is 95.1 Å². The van der Waals surface area contributed by atoms with Crippen LogP contribution < -0.4 is 14.2 Å². The Morgan fingerprint density at radius 2 is 1.19 bits per heavy atom. The van der Waals surface area contributed by atoms with E-state index >= 15 is 0 Å². The van der Waals surface area contributed by atoms with Crippen LogP contribution >= 0.6 is 0 Å². The molecule has 3 rings (SSSR count). The molecule has 0 saturated carbocycles. The normalized spacial score (nSPS) is 10.9. The van der Waals surface area contributed by atoms with Gasteiger partial charge in [0.1, 0.15) is 5.75 Å². The van der Waals surface area contributed by atoms with E-state index in [0.29, 0.717) is 22.4 Å². The van der Waals surface area contributed by atoms with Gasteiger partial charge in [-0.1, -0.05) is 36.4 Å². The zero-order valence-electron chi connectivity index (χ0n) is 20.1. The lowest BCUT2D eigenvalue weighted by molar-refractivity contribution is -0.116. The van der Waals surface area contributed by atoms with Gasteiger partial charge in [-0.15, -0.1) is 0 Å². The summed E-state index contributed by atoms with van der Waals surface area (Å²) in [5.74, 6) is 0.0451. The van der Waals surface area contributed by atoms with Crippen LogP contribution in [0.25, 0.3) is 18.2 Å². The Bertz CT molecular complexity index is 1270. The van der Waals surface area contributed by atoms with Gasteiger partial charge in [0, 0.05) is 0 Å². The molecule has 7 heteroatoms. The molecule has 184 valence electrons. The summed E-state index contributed by atoms with van der Waals surface area (Å²) in [7, 11) is 4.39. The first-order valence-corrected chi connectivity index (χ1v) is 10.9. The molecule has 0 amide bonds. The second kappa shape index (κ2) is 12.1. The molecular formula is C29H26O7. The lowest BCUT2D eigenvalue weighted by Gasteiger charge is -2.05. The molecule has 0 bridgehead atoms. The van der Waals surface area contributed by atoms with E-state index in [1.165, 1.54) is 63.8 Å². The van der Waals surface area contributed by atoms with E-state index in [0.717, 1.165) is 0 Å². The lowest BCUT2D eigenvalue weighted by atomic mass is 10.0. The molecule has 0 fully saturated rings. The number of carbonyl (C=O) groups excluding carboxylic acids is 2. The summed E-state index contributed by atoms with van der Waals surface area (Å²) in [5, 5.41) is 19.5. The fourth-order valence-electron chi connectivity index (χ4n) is 3.28. The average molecular weight is 487 g/mol. The maximum atomic E-state index is 13.1. The second-order valence-corrected chi connectivity index (χ2v) is 7.59. The van der Waals surface area contributed by atoms with Crippen molar-refractivity contribution in [2.75, 3.05) is 21.3 Å². The molecule has 0 atom stereocenters. The summed E-state index contributed by atoms with van der Waals surface area (Å²) in [6.45, 7) is 0. The smallest absolute Gasteiger partial charge is 0.189 e. The summed E-state index contributed by atoms with van der Waals surface area (Å²) >= 11 is 0. The average Bonchev–Trinajstić information content (AvgIpc) is 2.90. The minimum atomic E-state index is -0.511. The molecule has 3 aromatic rings. The van der Waals surface area contributed by atoms with E-state index in [1.807, 2.05) is 0 Å². The van der Waals surface area contributed by atoms with E-state index in [2.05, 4.69) is 0 Å². The van der Waals surface area contributed by atoms with Crippen molar-refractivity contribution in [1.29, 1.82) is 0 Å². The molecule has 0 aliphatic heterocycles. The number of carbonyl (C=O) groups is 2. The van der Waals surface area contributed by atoms with E-state index in [1.54, 1.807) is 48.5 Å². The molecule has 0 aliphatic carbocycles. The SMILES string of the molecule is COc1cccc(C=C(C(=O)/C=C/c2ccc(O)c(OC)c2)C(=O)/C=C/c2ccc(O)c(OC)c2)c1. The third-order valence-electron chi connectivity index (χ3n) is 5.20. The molecule has 0 heterocycles. The quantitative estimate of drug-likeness (QED) is 0.234. The van der Waals surface area contributed by atoms with Crippen LogP contribution in [0.5, 0.6) is 28.7 Å². The molecule has 2 N–H and O–H groups in total. The van der Waals surface area contributed by atoms with Gasteiger partial charge in [0.25, 0.3) is 0 Å². The summed E-state index contributed by atoms with van der Waals surface area (Å²) in [5.41, 5.74) is 1.77. The van der Waals surface area contributed by atoms with E-state index in [-0.39, 0.29) is 28.6 Å². The largest absolute Gasteiger partial charge is 0.504 e. The zero-order valence-corrected chi connectivity index (χ0v) is 20.1. The molecule has 0 saturated heterocycles. The standard InChI is InChI=1S/C29H26O7/c1-34-22-6-4-5-21(15-22)16-23(24(30)11-7-19-9-13-26(32)28(17-19)35-2)25(31)12-8-20-10-14-27(33)29(18-20)36-3/h4-18,32-33H,1-3H3/b11-7+,12-8+. The first-order chi connectivity index (χ1) is 17.3. The molecule has 36 heavy (non-hydrogen) atoms. The first-order valence-electron chi connectivity index (χ1n) is 10.9. The van der Waals surface area contributed by atoms with Crippen LogP contribution in [0.4, 0.5) is 0 Å². The van der Waals surface area contributed by atoms with Crippen LogP contribution in [0.1, 0.15) is 16.7 Å². The number of methoxy groups -OCH3 is 3. The van der Waals surface area contributed by atoms with Gasteiger partial charge in [-0.3, -0.25) is 9.59 Å². The van der Waals surface area contributed by atoms with Crippen molar-refractivity contribution in [1.82, 2.24) is 0 Å². The number of hydrogen-bond donors (Lipinski definition) is 2. The molecular weight excluding hydrogens is 460 g/mol. The zero-order chi connectivity index (χ0) is 26.1. The van der Waals surface area contributed by atoms with Crippen LogP contribution in [0.2, 0.25) is 0 Å². The maximum Gasteiger partial charge on any atom is 0.189 e. The first kappa shape index (κ1) is 25.8. The van der Waals surface area contributed by atoms with Gasteiger partial charge in [0.05, 0.1) is 26.9 Å². The highest BCUT2D eigenvalue weighted by atomic mass is 16.5. The predicted octanol–water partition coefficient (Wildman–Crippen LogP) is 5.07. The monoisotopic (exact) mass is 486 g/mol. The van der Waals surface area contributed by atoms with Crippen molar-refractivity contribution in [2.45, 2.75) is 0 Å². The van der Waals surface area contributed by atoms with Crippen LogP contribution in [0, 0.1) is 0 Å². The van der Waals surface area contributed by atoms with E-state index < -0.39 is 11.6 Å². The highest BCUT2D eigenvalue weighted by molar-refractivity contribution is 6.31. The number of phenols is 2. The maximum absolute atomic E-state index is 13.1. The highest BCUT2D eigenvalue weighted by Gasteiger charge is 2.15. The lowest BCUT2D eigenvalue weighted by Crippen LogP contribution is -2.08. The summed E-state index contributed by atoms with van der Waals surface area (Å²) < 4.78 is 15.4. The van der Waals surface area contributed by atoms with Crippen molar-refractivity contribution in [3.8, 4) is 28.7 Å². The van der Waals surface area contributed by atoms with E-state index in [9.17, 15) is 19.8 Å². The van der Waals surface area contributed by atoms with Crippen LogP contribution in [-0.4, -0.2) is 43.1 Å². The molecule has 0 spiro atoms. The number of ketones is 2. The van der Waals surface area contributed by atoms with E-state index in [4.69, 9.17) is 14.2 Å². The Hall–Kier alpha value is -4.78. The fourth-order valence-corrected chi connectivity index (χ4v) is 3.28. The highest BCUT2D eigenvalue weighted by Crippen LogP contribution is 2.28. The molecule has 0 radical (unpaired) electrons. The van der Waals surface area contributed by atoms with Crippen molar-refractivity contribution in [3.63, 3.8) is 0 Å². The minimum absolute atomic E-state index is 0.0224. The number of phenolic OH excluding ortho intramolecular Hbond substituents is 2. The van der Waals surface area contributed by atoms with Crippen molar-refractivity contribution < 1.29 is 34.0 Å². The third kappa shape index (κ3) is 6.64. The van der Waals surface area contributed by atoms with Crippen LogP contribution in [0.15, 0.2) is 78.4 Å². The van der Waals surface area contributed by atoms with Gasteiger partial charge in [0.2, 0.25) is 0 Å². The molecule has 0 aliphatic rings.